The Morgan fingerprint density at radius 2 is 1.63 bits per heavy atom. The van der Waals surface area contributed by atoms with Crippen LogP contribution >= 0.6 is 0 Å². The van der Waals surface area contributed by atoms with Crippen LogP contribution in [0.5, 0.6) is 5.75 Å². The van der Waals surface area contributed by atoms with E-state index in [1.165, 1.54) is 0 Å². The molecule has 2 aromatic rings. The Kier molecular flexibility index (Phi) is 7.86. The number of amides is 1. The molecule has 0 aromatic heterocycles. The third-order valence-corrected chi connectivity index (χ3v) is 4.94. The molecule has 27 heavy (non-hydrogen) atoms. The Morgan fingerprint density at radius 1 is 1.00 bits per heavy atom. The molecule has 0 bridgehead atoms. The van der Waals surface area contributed by atoms with Gasteiger partial charge in [0.1, 0.15) is 5.75 Å². The van der Waals surface area contributed by atoms with Crippen molar-refractivity contribution in [2.24, 2.45) is 5.92 Å². The van der Waals surface area contributed by atoms with Gasteiger partial charge in [0.25, 0.3) is 0 Å². The van der Waals surface area contributed by atoms with Crippen molar-refractivity contribution in [2.75, 3.05) is 6.61 Å². The molecule has 0 spiro atoms. The fraction of sp³-hybridized carbons (Fsp3) is 0.435. The zero-order chi connectivity index (χ0) is 19.8. The van der Waals surface area contributed by atoms with Gasteiger partial charge in [-0.3, -0.25) is 4.79 Å². The fourth-order valence-electron chi connectivity index (χ4n) is 2.78. The van der Waals surface area contributed by atoms with E-state index < -0.39 is 12.1 Å². The fourth-order valence-corrected chi connectivity index (χ4v) is 2.78. The Morgan fingerprint density at radius 3 is 2.19 bits per heavy atom. The van der Waals surface area contributed by atoms with Crippen molar-refractivity contribution in [3.8, 4) is 5.75 Å². The third kappa shape index (κ3) is 6.10. The predicted octanol–water partition coefficient (Wildman–Crippen LogP) is 4.45. The van der Waals surface area contributed by atoms with Crippen LogP contribution in [0.3, 0.4) is 0 Å². The van der Waals surface area contributed by atoms with Gasteiger partial charge in [-0.25, -0.2) is 0 Å². The molecular formula is C23H31NO3. The maximum Gasteiger partial charge on any atom is 0.227 e. The highest BCUT2D eigenvalue weighted by molar-refractivity contribution is 5.83. The average molecular weight is 370 g/mol. The van der Waals surface area contributed by atoms with Gasteiger partial charge in [0.2, 0.25) is 5.91 Å². The normalized spacial score (nSPS) is 15.4. The molecular weight excluding hydrogens is 338 g/mol. The second-order valence-corrected chi connectivity index (χ2v) is 7.25. The van der Waals surface area contributed by atoms with Crippen molar-refractivity contribution in [1.29, 1.82) is 0 Å². The van der Waals surface area contributed by atoms with Gasteiger partial charge < -0.3 is 15.2 Å². The summed E-state index contributed by atoms with van der Waals surface area (Å²) in [6, 6.07) is 16.8. The molecule has 0 fully saturated rings. The summed E-state index contributed by atoms with van der Waals surface area (Å²) in [5.41, 5.74) is 1.81. The van der Waals surface area contributed by atoms with Gasteiger partial charge >= 0.3 is 0 Å². The van der Waals surface area contributed by atoms with E-state index in [0.717, 1.165) is 23.3 Å². The minimum atomic E-state index is -0.705. The SMILES string of the molecule is CCC(C)COc1ccc([C@@H](NC(=O)C(C)c2ccccc2)[C@@H](C)O)cc1. The highest BCUT2D eigenvalue weighted by Crippen LogP contribution is 2.23. The van der Waals surface area contributed by atoms with Crippen molar-refractivity contribution in [3.63, 3.8) is 0 Å². The van der Waals surface area contributed by atoms with Gasteiger partial charge in [-0.15, -0.1) is 0 Å². The predicted molar refractivity (Wildman–Crippen MR) is 109 cm³/mol. The van der Waals surface area contributed by atoms with Crippen LogP contribution in [0.2, 0.25) is 0 Å². The molecule has 0 saturated carbocycles. The van der Waals surface area contributed by atoms with Gasteiger partial charge in [-0.2, -0.15) is 0 Å². The van der Waals surface area contributed by atoms with Crippen LogP contribution in [-0.4, -0.2) is 23.7 Å². The smallest absolute Gasteiger partial charge is 0.227 e. The number of carbonyl (C=O) groups is 1. The summed E-state index contributed by atoms with van der Waals surface area (Å²) >= 11 is 0. The number of hydrogen-bond acceptors (Lipinski definition) is 3. The molecule has 0 saturated heterocycles. The molecule has 4 atom stereocenters. The monoisotopic (exact) mass is 369 g/mol. The second kappa shape index (κ2) is 10.1. The van der Waals surface area contributed by atoms with Crippen LogP contribution in [0.25, 0.3) is 0 Å². The van der Waals surface area contributed by atoms with E-state index in [4.69, 9.17) is 4.74 Å². The number of carbonyl (C=O) groups excluding carboxylic acids is 1. The van der Waals surface area contributed by atoms with E-state index in [9.17, 15) is 9.90 Å². The lowest BCUT2D eigenvalue weighted by Crippen LogP contribution is -2.37. The summed E-state index contributed by atoms with van der Waals surface area (Å²) in [4.78, 5) is 12.7. The number of ether oxygens (including phenoxy) is 1. The molecule has 0 aliphatic heterocycles. The lowest BCUT2D eigenvalue weighted by atomic mass is 9.97. The number of hydrogen-bond donors (Lipinski definition) is 2. The van der Waals surface area contributed by atoms with E-state index in [2.05, 4.69) is 19.2 Å². The van der Waals surface area contributed by atoms with Crippen LogP contribution in [0.1, 0.15) is 57.2 Å². The van der Waals surface area contributed by atoms with Crippen molar-refractivity contribution >= 4 is 5.91 Å². The molecule has 2 rings (SSSR count). The summed E-state index contributed by atoms with van der Waals surface area (Å²) in [6.45, 7) is 8.53. The topological polar surface area (TPSA) is 58.6 Å². The minimum Gasteiger partial charge on any atom is -0.493 e. The summed E-state index contributed by atoms with van der Waals surface area (Å²) in [6.07, 6.45) is 0.372. The zero-order valence-corrected chi connectivity index (χ0v) is 16.7. The van der Waals surface area contributed by atoms with Crippen molar-refractivity contribution in [1.82, 2.24) is 5.32 Å². The number of nitrogens with one attached hydrogen (secondary N) is 1. The maximum absolute atomic E-state index is 12.7. The highest BCUT2D eigenvalue weighted by Gasteiger charge is 2.23. The largest absolute Gasteiger partial charge is 0.493 e. The van der Waals surface area contributed by atoms with Crippen LogP contribution in [0.4, 0.5) is 0 Å². The summed E-state index contributed by atoms with van der Waals surface area (Å²) < 4.78 is 5.78. The molecule has 0 radical (unpaired) electrons. The lowest BCUT2D eigenvalue weighted by molar-refractivity contribution is -0.123. The average Bonchev–Trinajstić information content (AvgIpc) is 2.70. The molecule has 146 valence electrons. The van der Waals surface area contributed by atoms with Crippen LogP contribution in [-0.2, 0) is 4.79 Å². The van der Waals surface area contributed by atoms with Gasteiger partial charge in [0.05, 0.1) is 24.7 Å². The Hall–Kier alpha value is -2.33. The summed E-state index contributed by atoms with van der Waals surface area (Å²) in [7, 11) is 0. The van der Waals surface area contributed by atoms with Crippen LogP contribution < -0.4 is 10.1 Å². The summed E-state index contributed by atoms with van der Waals surface area (Å²) in [5, 5.41) is 13.2. The number of aliphatic hydroxyl groups excluding tert-OH is 1. The van der Waals surface area contributed by atoms with Gasteiger partial charge in [-0.1, -0.05) is 62.7 Å². The summed E-state index contributed by atoms with van der Waals surface area (Å²) in [5.74, 6) is 0.913. The zero-order valence-electron chi connectivity index (χ0n) is 16.7. The quantitative estimate of drug-likeness (QED) is 0.686. The standard InChI is InChI=1S/C23H31NO3/c1-5-16(2)15-27-21-13-11-20(12-14-21)22(18(4)25)24-23(26)17(3)19-9-7-6-8-10-19/h6-14,16-18,22,25H,5,15H2,1-4H3,(H,24,26)/t16?,17?,18-,22+/m1/s1. The Bertz CT molecular complexity index is 697. The van der Waals surface area contributed by atoms with E-state index >= 15 is 0 Å². The molecule has 2 aromatic carbocycles. The molecule has 0 heterocycles. The first-order valence-corrected chi connectivity index (χ1v) is 9.68. The van der Waals surface area contributed by atoms with Gasteiger partial charge in [0.15, 0.2) is 0 Å². The molecule has 0 aliphatic carbocycles. The maximum atomic E-state index is 12.7. The van der Waals surface area contributed by atoms with Crippen molar-refractivity contribution < 1.29 is 14.6 Å². The number of benzene rings is 2. The van der Waals surface area contributed by atoms with Crippen LogP contribution in [0.15, 0.2) is 54.6 Å². The number of rotatable bonds is 9. The Balaban J connectivity index is 2.05. The van der Waals surface area contributed by atoms with Crippen molar-refractivity contribution in [2.45, 2.75) is 52.2 Å². The molecule has 4 nitrogen and oxygen atoms in total. The molecule has 2 unspecified atom stereocenters. The first kappa shape index (κ1) is 21.0. The van der Waals surface area contributed by atoms with Gasteiger partial charge in [-0.05, 0) is 43.0 Å². The second-order valence-electron chi connectivity index (χ2n) is 7.25. The minimum absolute atomic E-state index is 0.107. The Labute approximate surface area is 162 Å². The first-order chi connectivity index (χ1) is 12.9. The van der Waals surface area contributed by atoms with Crippen LogP contribution in [0, 0.1) is 5.92 Å². The third-order valence-electron chi connectivity index (χ3n) is 4.94. The first-order valence-electron chi connectivity index (χ1n) is 9.68. The molecule has 2 N–H and O–H groups in total. The van der Waals surface area contributed by atoms with Gasteiger partial charge in [0, 0.05) is 0 Å². The van der Waals surface area contributed by atoms with E-state index in [1.807, 2.05) is 61.5 Å². The van der Waals surface area contributed by atoms with E-state index in [1.54, 1.807) is 6.92 Å². The van der Waals surface area contributed by atoms with Crippen molar-refractivity contribution in [3.05, 3.63) is 65.7 Å². The molecule has 4 heteroatoms. The molecule has 1 amide bonds. The van der Waals surface area contributed by atoms with E-state index in [0.29, 0.717) is 12.5 Å². The molecule has 0 aliphatic rings. The number of aliphatic hydroxyl groups is 1. The lowest BCUT2D eigenvalue weighted by Gasteiger charge is -2.24. The van der Waals surface area contributed by atoms with E-state index in [-0.39, 0.29) is 11.8 Å². The highest BCUT2D eigenvalue weighted by atomic mass is 16.5.